The number of rotatable bonds is 22. The van der Waals surface area contributed by atoms with Gasteiger partial charge in [-0.2, -0.15) is 13.2 Å². The normalized spacial score (nSPS) is 13.3. The molecule has 3 aromatic rings. The number of halogens is 3. The second-order valence-corrected chi connectivity index (χ2v) is 65.3. The summed E-state index contributed by atoms with van der Waals surface area (Å²) in [6.07, 6.45) is 9.88. The SMILES string of the molecule is C.C.C.C.C.C.C.C.C.C.C.C.C.C.C.C.CC[Si](C)(C)OC.CO[Si](C)(C)C.CO[Si](C)(C)C.CO[Si](C)(C)CC(C)c1ccccc1.CO[Si](C)(C)CC(C)c1ccccc1.CO[Si](C)(C)CC(C)c1ccccc1.CO[Si](C)(C)CCC(F)(F)F.CO[Si](C)(C1CCCCC1)C1CCCCC1. The number of hydrogen-bond acceptors (Lipinski definition) is 8. The van der Waals surface area contributed by atoms with Crippen molar-refractivity contribution in [3.8, 4) is 0 Å². The third-order valence-corrected chi connectivity index (χ3v) is 38.8. The number of alkyl halides is 3. The van der Waals surface area contributed by atoms with Crippen LogP contribution in [0.5, 0.6) is 0 Å². The van der Waals surface area contributed by atoms with Gasteiger partial charge >= 0.3 is 6.18 Å². The highest BCUT2D eigenvalue weighted by molar-refractivity contribution is 6.75. The fourth-order valence-electron chi connectivity index (χ4n) is 9.87. The maximum Gasteiger partial charge on any atom is 0.388 e. The highest BCUT2D eigenvalue weighted by Gasteiger charge is 2.45. The van der Waals surface area contributed by atoms with Crippen LogP contribution in [0, 0.1) is 0 Å². The standard InChI is InChI=1S/C14H28OSi.3C12H20OSi.C6H13F3OSi.C5H14OSi.2C4H12OSi.16CH4/c1-15-16(2,13-9-5-3-6-10-13)14-11-7-4-8-12-14;3*1-11(10-14(3,4)13-2)12-8-6-5-7-9-12;1-10-11(2,3)5-4-6(7,8)9;1-5-7(3,4)6-2;2*1-5-6(2,3)4;;;;;;;;;;;;;;;;/h13-14H,3-12H2,1-2H3;3*5-9,11H,10H2,1-4H3;4-5H2,1-3H3;5H2,1-4H3;2*1-4H3;16*1H4. The van der Waals surface area contributed by atoms with Gasteiger partial charge in [-0.15, -0.1) is 0 Å². The Labute approximate surface area is 669 Å². The second kappa shape index (κ2) is 77.2. The van der Waals surface area contributed by atoms with Gasteiger partial charge in [0.15, 0.2) is 66.5 Å². The van der Waals surface area contributed by atoms with Crippen LogP contribution in [0.4, 0.5) is 13.2 Å². The zero-order valence-corrected chi connectivity index (χ0v) is 70.3. The Morgan fingerprint density at radius 2 is 0.519 bits per heavy atom. The van der Waals surface area contributed by atoms with Crippen LogP contribution < -0.4 is 0 Å². The van der Waals surface area contributed by atoms with Gasteiger partial charge in [0.1, 0.15) is 0 Å². The van der Waals surface area contributed by atoms with Crippen molar-refractivity contribution in [2.45, 2.75) is 394 Å². The van der Waals surface area contributed by atoms with E-state index in [9.17, 15) is 13.2 Å². The first-order valence-corrected chi connectivity index (χ1v) is 58.0. The van der Waals surface area contributed by atoms with E-state index >= 15 is 0 Å². The minimum Gasteiger partial charge on any atom is -0.421 e. The molecule has 0 amide bonds. The summed E-state index contributed by atoms with van der Waals surface area (Å²) >= 11 is 0. The third-order valence-electron chi connectivity index (χ3n) is 17.6. The lowest BCUT2D eigenvalue weighted by molar-refractivity contribution is -0.131. The Bertz CT molecular complexity index is 1930. The molecule has 644 valence electrons. The lowest BCUT2D eigenvalue weighted by Gasteiger charge is -2.43. The fourth-order valence-corrected chi connectivity index (χ4v) is 21.3. The summed E-state index contributed by atoms with van der Waals surface area (Å²) in [5.74, 6) is 1.83. The number of benzene rings is 3. The minimum atomic E-state index is -4.04. The van der Waals surface area contributed by atoms with E-state index in [1.54, 1.807) is 34.4 Å². The summed E-state index contributed by atoms with van der Waals surface area (Å²) in [5.41, 5.74) is 6.20. The van der Waals surface area contributed by atoms with E-state index in [1.807, 2.05) is 28.4 Å². The molecule has 3 atom stereocenters. The van der Waals surface area contributed by atoms with E-state index in [-0.39, 0.29) is 125 Å². The molecule has 104 heavy (non-hydrogen) atoms. The van der Waals surface area contributed by atoms with Crippen LogP contribution in [-0.4, -0.2) is 130 Å². The van der Waals surface area contributed by atoms with E-state index in [4.69, 9.17) is 35.4 Å². The molecule has 2 aliphatic carbocycles. The third kappa shape index (κ3) is 80.4. The predicted octanol–water partition coefficient (Wildman–Crippen LogP) is 33.6. The van der Waals surface area contributed by atoms with Crippen molar-refractivity contribution in [1.29, 1.82) is 0 Å². The van der Waals surface area contributed by atoms with Crippen molar-refractivity contribution in [1.82, 2.24) is 0 Å². The molecular weight excluding hydrogens is 1430 g/mol. The first kappa shape index (κ1) is 152. The van der Waals surface area contributed by atoms with Crippen LogP contribution in [0.15, 0.2) is 91.0 Å². The van der Waals surface area contributed by atoms with E-state index in [0.717, 1.165) is 11.1 Å². The van der Waals surface area contributed by atoms with Crippen LogP contribution in [0.1, 0.15) is 252 Å². The summed E-state index contributed by atoms with van der Waals surface area (Å²) in [6.45, 7) is 46.1. The van der Waals surface area contributed by atoms with E-state index in [0.29, 0.717) is 17.8 Å². The van der Waals surface area contributed by atoms with Crippen molar-refractivity contribution in [3.63, 3.8) is 0 Å². The molecule has 3 unspecified atom stereocenters. The van der Waals surface area contributed by atoms with Gasteiger partial charge in [-0.1, -0.05) is 302 Å². The minimum absolute atomic E-state index is 0. The Morgan fingerprint density at radius 1 is 0.317 bits per heavy atom. The summed E-state index contributed by atoms with van der Waals surface area (Å²) in [4.78, 5) is 0. The number of hydrogen-bond donors (Lipinski definition) is 0. The van der Waals surface area contributed by atoms with Crippen molar-refractivity contribution in [2.75, 3.05) is 56.9 Å². The molecule has 2 saturated carbocycles. The van der Waals surface area contributed by atoms with Crippen molar-refractivity contribution in [2.24, 2.45) is 0 Å². The second-order valence-electron chi connectivity index (χ2n) is 29.5. The first-order valence-electron chi connectivity index (χ1n) is 33.1. The van der Waals surface area contributed by atoms with Crippen LogP contribution >= 0.6 is 0 Å². The van der Waals surface area contributed by atoms with E-state index < -0.39 is 79.1 Å². The monoisotopic (exact) mass is 1630 g/mol. The van der Waals surface area contributed by atoms with Gasteiger partial charge in [0, 0.05) is 63.3 Å². The first-order chi connectivity index (χ1) is 40.4. The van der Waals surface area contributed by atoms with Crippen molar-refractivity contribution < 1.29 is 48.6 Å². The van der Waals surface area contributed by atoms with Crippen LogP contribution in [-0.2, 0) is 35.4 Å². The molecule has 19 heteroatoms. The lowest BCUT2D eigenvalue weighted by Crippen LogP contribution is -2.45. The molecule has 0 N–H and O–H groups in total. The van der Waals surface area contributed by atoms with E-state index in [2.05, 4.69) is 217 Å². The molecule has 8 nitrogen and oxygen atoms in total. The van der Waals surface area contributed by atoms with Gasteiger partial charge in [0.05, 0.1) is 0 Å². The summed E-state index contributed by atoms with van der Waals surface area (Å²) < 4.78 is 78.3. The van der Waals surface area contributed by atoms with Gasteiger partial charge in [0.25, 0.3) is 0 Å². The smallest absolute Gasteiger partial charge is 0.388 e. The molecular formula is C85H203F3O8Si8. The summed E-state index contributed by atoms with van der Waals surface area (Å²) in [7, 11) is 3.23. The lowest BCUT2D eigenvalue weighted by atomic mass is 9.99. The molecule has 5 rings (SSSR count). The van der Waals surface area contributed by atoms with Crippen LogP contribution in [0.3, 0.4) is 0 Å². The molecule has 2 aliphatic rings. The average molecular weight is 1640 g/mol. The zero-order chi connectivity index (χ0) is 68.7. The van der Waals surface area contributed by atoms with Crippen molar-refractivity contribution >= 4 is 66.5 Å². The molecule has 3 aromatic carbocycles. The maximum atomic E-state index is 11.7. The van der Waals surface area contributed by atoms with Gasteiger partial charge in [-0.25, -0.2) is 0 Å². The Kier molecular flexibility index (Phi) is 113. The average Bonchev–Trinajstić information content (AvgIpc) is 0.805. The maximum absolute atomic E-state index is 11.7. The van der Waals surface area contributed by atoms with Crippen molar-refractivity contribution in [3.05, 3.63) is 108 Å². The molecule has 0 radical (unpaired) electrons. The Morgan fingerprint density at radius 3 is 0.663 bits per heavy atom. The quantitative estimate of drug-likeness (QED) is 0.0922. The molecule has 0 bridgehead atoms. The Hall–Kier alpha value is -1.13. The van der Waals surface area contributed by atoms with Gasteiger partial charge in [-0.05, 0) is 187 Å². The van der Waals surface area contributed by atoms with Crippen LogP contribution in [0.2, 0.25) is 153 Å². The molecule has 0 heterocycles. The Balaban J connectivity index is -0.0000000466. The van der Waals surface area contributed by atoms with Gasteiger partial charge in [0.2, 0.25) is 0 Å². The molecule has 2 fully saturated rings. The molecule has 0 spiro atoms. The predicted molar refractivity (Wildman–Crippen MR) is 508 cm³/mol. The topological polar surface area (TPSA) is 73.8 Å². The molecule has 0 saturated heterocycles. The highest BCUT2D eigenvalue weighted by atomic mass is 28.4. The zero-order valence-electron chi connectivity index (χ0n) is 62.3. The summed E-state index contributed by atoms with van der Waals surface area (Å²) in [5, 5.41) is 0. The summed E-state index contributed by atoms with van der Waals surface area (Å²) in [6, 6.07) is 36.9. The fraction of sp³-hybridized carbons (Fsp3) is 0.788. The molecule has 0 aliphatic heterocycles. The van der Waals surface area contributed by atoms with Gasteiger partial charge < -0.3 is 35.4 Å². The molecule has 0 aromatic heterocycles. The largest absolute Gasteiger partial charge is 0.421 e. The van der Waals surface area contributed by atoms with Gasteiger partial charge in [-0.3, -0.25) is 0 Å². The van der Waals surface area contributed by atoms with Crippen LogP contribution in [0.25, 0.3) is 0 Å². The highest BCUT2D eigenvalue weighted by Crippen LogP contribution is 2.48. The van der Waals surface area contributed by atoms with E-state index in [1.165, 1.54) is 112 Å².